The average molecular weight is 336 g/mol. The van der Waals surface area contributed by atoms with Gasteiger partial charge in [-0.3, -0.25) is 0 Å². The Morgan fingerprint density at radius 2 is 2.38 bits per heavy atom. The van der Waals surface area contributed by atoms with Gasteiger partial charge in [0, 0.05) is 19.5 Å². The summed E-state index contributed by atoms with van der Waals surface area (Å²) >= 11 is 0. The maximum Gasteiger partial charge on any atom is 0.317 e. The topological polar surface area (TPSA) is 74.9 Å². The predicted molar refractivity (Wildman–Crippen MR) is 89.6 cm³/mol. The number of rotatable bonds is 7. The van der Waals surface area contributed by atoms with E-state index in [1.807, 2.05) is 0 Å². The van der Waals surface area contributed by atoms with Crippen molar-refractivity contribution in [1.82, 2.24) is 10.2 Å². The Morgan fingerprint density at radius 3 is 3.04 bits per heavy atom. The molecule has 1 aromatic heterocycles. The van der Waals surface area contributed by atoms with Gasteiger partial charge in [-0.05, 0) is 36.8 Å². The number of carbonyl (C=O) groups is 1. The number of furan rings is 1. The molecule has 3 rings (SSSR count). The summed E-state index contributed by atoms with van der Waals surface area (Å²) in [5.41, 5.74) is 0.333. The van der Waals surface area contributed by atoms with E-state index < -0.39 is 6.10 Å². The van der Waals surface area contributed by atoms with Crippen LogP contribution in [0, 0.1) is 5.41 Å². The lowest BCUT2D eigenvalue weighted by atomic mass is 10.0. The summed E-state index contributed by atoms with van der Waals surface area (Å²) in [6, 6.07) is 3.32. The highest BCUT2D eigenvalue weighted by molar-refractivity contribution is 5.74. The zero-order valence-corrected chi connectivity index (χ0v) is 14.4. The minimum atomic E-state index is -0.725. The summed E-state index contributed by atoms with van der Waals surface area (Å²) in [5.74, 6) is 0.529. The SMILES string of the molecule is CCCC1(CNC(=O)N2CCOCC2CC(O)c2ccco2)CC1. The molecule has 24 heavy (non-hydrogen) atoms. The van der Waals surface area contributed by atoms with Crippen LogP contribution in [0.3, 0.4) is 0 Å². The van der Waals surface area contributed by atoms with Crippen LogP contribution in [0.25, 0.3) is 0 Å². The Hall–Kier alpha value is -1.53. The standard InChI is InChI=1S/C18H28N2O4/c1-2-5-18(6-7-18)13-19-17(22)20-8-10-23-12-14(20)11-15(21)16-4-3-9-24-16/h3-4,9,14-15,21H,2,5-8,10-13H2,1H3,(H,19,22). The van der Waals surface area contributed by atoms with Crippen molar-refractivity contribution >= 4 is 6.03 Å². The second-order valence-electron chi connectivity index (χ2n) is 7.10. The first-order valence-electron chi connectivity index (χ1n) is 8.97. The first-order valence-corrected chi connectivity index (χ1v) is 8.97. The molecule has 6 nitrogen and oxygen atoms in total. The van der Waals surface area contributed by atoms with Crippen LogP contribution in [0.1, 0.15) is 50.9 Å². The third-order valence-electron chi connectivity index (χ3n) is 5.21. The fraction of sp³-hybridized carbons (Fsp3) is 0.722. The first-order chi connectivity index (χ1) is 11.6. The Kier molecular flexibility index (Phi) is 5.46. The molecule has 0 radical (unpaired) electrons. The molecule has 2 fully saturated rings. The molecule has 0 bridgehead atoms. The van der Waals surface area contributed by atoms with Crippen molar-refractivity contribution in [3.05, 3.63) is 24.2 Å². The molecule has 2 unspecified atom stereocenters. The van der Waals surface area contributed by atoms with Crippen molar-refractivity contribution in [2.45, 2.75) is 51.2 Å². The predicted octanol–water partition coefficient (Wildman–Crippen LogP) is 2.69. The Bertz CT molecular complexity index is 527. The molecule has 6 heteroatoms. The second-order valence-corrected chi connectivity index (χ2v) is 7.10. The summed E-state index contributed by atoms with van der Waals surface area (Å²) in [5, 5.41) is 13.4. The number of nitrogens with one attached hydrogen (secondary N) is 1. The fourth-order valence-electron chi connectivity index (χ4n) is 3.56. The van der Waals surface area contributed by atoms with E-state index in [1.54, 1.807) is 23.3 Å². The van der Waals surface area contributed by atoms with Gasteiger partial charge in [-0.2, -0.15) is 0 Å². The molecule has 2 heterocycles. The summed E-state index contributed by atoms with van der Waals surface area (Å²) < 4.78 is 10.8. The number of nitrogens with zero attached hydrogens (tertiary/aromatic N) is 1. The van der Waals surface area contributed by atoms with E-state index in [0.29, 0.717) is 37.4 Å². The van der Waals surface area contributed by atoms with Gasteiger partial charge in [0.1, 0.15) is 11.9 Å². The van der Waals surface area contributed by atoms with E-state index in [1.165, 1.54) is 19.3 Å². The minimum absolute atomic E-state index is 0.0441. The van der Waals surface area contributed by atoms with Crippen molar-refractivity contribution in [2.75, 3.05) is 26.3 Å². The van der Waals surface area contributed by atoms with Gasteiger partial charge in [-0.15, -0.1) is 0 Å². The van der Waals surface area contributed by atoms with Crippen molar-refractivity contribution in [1.29, 1.82) is 0 Å². The van der Waals surface area contributed by atoms with E-state index >= 15 is 0 Å². The van der Waals surface area contributed by atoms with Gasteiger partial charge >= 0.3 is 6.03 Å². The number of carbonyl (C=O) groups excluding carboxylic acids is 1. The Balaban J connectivity index is 1.54. The molecule has 1 saturated carbocycles. The molecule has 2 amide bonds. The van der Waals surface area contributed by atoms with Crippen molar-refractivity contribution in [2.24, 2.45) is 5.41 Å². The normalized spacial score (nSPS) is 23.8. The molecule has 1 aromatic rings. The molecule has 1 aliphatic carbocycles. The van der Waals surface area contributed by atoms with Crippen molar-refractivity contribution in [3.8, 4) is 0 Å². The monoisotopic (exact) mass is 336 g/mol. The van der Waals surface area contributed by atoms with Gasteiger partial charge in [-0.1, -0.05) is 13.3 Å². The number of ether oxygens (including phenoxy) is 1. The summed E-state index contributed by atoms with van der Waals surface area (Å²) in [6.45, 7) is 4.49. The molecule has 0 spiro atoms. The number of hydrogen-bond donors (Lipinski definition) is 2. The largest absolute Gasteiger partial charge is 0.467 e. The third kappa shape index (κ3) is 4.11. The van der Waals surface area contributed by atoms with Crippen LogP contribution in [0.5, 0.6) is 0 Å². The molecule has 2 aliphatic rings. The second kappa shape index (κ2) is 7.57. The lowest BCUT2D eigenvalue weighted by Crippen LogP contribution is -2.53. The van der Waals surface area contributed by atoms with Gasteiger partial charge in [0.05, 0.1) is 25.5 Å². The van der Waals surface area contributed by atoms with Crippen molar-refractivity contribution in [3.63, 3.8) is 0 Å². The molecular formula is C18H28N2O4. The lowest BCUT2D eigenvalue weighted by molar-refractivity contribution is -0.00987. The fourth-order valence-corrected chi connectivity index (χ4v) is 3.56. The highest BCUT2D eigenvalue weighted by Gasteiger charge is 2.42. The molecule has 0 aromatic carbocycles. The Morgan fingerprint density at radius 1 is 1.54 bits per heavy atom. The van der Waals surface area contributed by atoms with Crippen LogP contribution in [-0.4, -0.2) is 48.4 Å². The molecular weight excluding hydrogens is 308 g/mol. The zero-order chi connectivity index (χ0) is 17.0. The maximum absolute atomic E-state index is 12.6. The number of amides is 2. The zero-order valence-electron chi connectivity index (χ0n) is 14.4. The lowest BCUT2D eigenvalue weighted by Gasteiger charge is -2.36. The van der Waals surface area contributed by atoms with E-state index in [9.17, 15) is 9.90 Å². The molecule has 2 N–H and O–H groups in total. The van der Waals surface area contributed by atoms with E-state index in [0.717, 1.165) is 13.0 Å². The van der Waals surface area contributed by atoms with Gasteiger partial charge < -0.3 is 24.5 Å². The Labute approximate surface area is 143 Å². The van der Waals surface area contributed by atoms with Crippen molar-refractivity contribution < 1.29 is 19.1 Å². The van der Waals surface area contributed by atoms with Crippen LogP contribution in [-0.2, 0) is 4.74 Å². The molecule has 1 aliphatic heterocycles. The van der Waals surface area contributed by atoms with Gasteiger partial charge in [0.25, 0.3) is 0 Å². The summed E-state index contributed by atoms with van der Waals surface area (Å²) in [4.78, 5) is 14.4. The molecule has 1 saturated heterocycles. The van der Waals surface area contributed by atoms with Gasteiger partial charge in [0.15, 0.2) is 0 Å². The average Bonchev–Trinajstić information content (AvgIpc) is 3.12. The smallest absolute Gasteiger partial charge is 0.317 e. The van der Waals surface area contributed by atoms with Crippen LogP contribution in [0.2, 0.25) is 0 Å². The number of urea groups is 1. The summed E-state index contributed by atoms with van der Waals surface area (Å²) in [7, 11) is 0. The van der Waals surface area contributed by atoms with E-state index in [2.05, 4.69) is 12.2 Å². The van der Waals surface area contributed by atoms with Gasteiger partial charge in [-0.25, -0.2) is 4.79 Å². The minimum Gasteiger partial charge on any atom is -0.467 e. The van der Waals surface area contributed by atoms with Crippen LogP contribution >= 0.6 is 0 Å². The van der Waals surface area contributed by atoms with E-state index in [-0.39, 0.29) is 12.1 Å². The first kappa shape index (κ1) is 17.3. The molecule has 2 atom stereocenters. The summed E-state index contributed by atoms with van der Waals surface area (Å²) in [6.07, 6.45) is 6.00. The maximum atomic E-state index is 12.6. The van der Waals surface area contributed by atoms with Gasteiger partial charge in [0.2, 0.25) is 0 Å². The number of aliphatic hydroxyl groups is 1. The highest BCUT2D eigenvalue weighted by atomic mass is 16.5. The third-order valence-corrected chi connectivity index (χ3v) is 5.21. The number of hydrogen-bond acceptors (Lipinski definition) is 4. The molecule has 134 valence electrons. The number of morpholine rings is 1. The quantitative estimate of drug-likeness (QED) is 0.803. The van der Waals surface area contributed by atoms with E-state index in [4.69, 9.17) is 9.15 Å². The van der Waals surface area contributed by atoms with Crippen LogP contribution < -0.4 is 5.32 Å². The number of aliphatic hydroxyl groups excluding tert-OH is 1. The van der Waals surface area contributed by atoms with Crippen LogP contribution in [0.4, 0.5) is 4.79 Å². The highest BCUT2D eigenvalue weighted by Crippen LogP contribution is 2.48. The van der Waals surface area contributed by atoms with Crippen LogP contribution in [0.15, 0.2) is 22.8 Å².